The van der Waals surface area contributed by atoms with Gasteiger partial charge in [0.25, 0.3) is 0 Å². The molecule has 0 saturated carbocycles. The van der Waals surface area contributed by atoms with E-state index in [1.807, 2.05) is 76.8 Å². The molecular weight excluding hydrogens is 398 g/mol. The van der Waals surface area contributed by atoms with E-state index in [4.69, 9.17) is 0 Å². The highest BCUT2D eigenvalue weighted by molar-refractivity contribution is 7.15. The molecule has 0 saturated heterocycles. The Hall–Kier alpha value is -3.85. The third-order valence-electron chi connectivity index (χ3n) is 4.80. The molecule has 2 aromatic carbocycles. The van der Waals surface area contributed by atoms with Gasteiger partial charge < -0.3 is 5.32 Å². The Morgan fingerprint density at radius 3 is 2.67 bits per heavy atom. The van der Waals surface area contributed by atoms with Crippen molar-refractivity contribution in [3.8, 4) is 11.3 Å². The second kappa shape index (κ2) is 7.88. The van der Waals surface area contributed by atoms with Crippen LogP contribution in [0.2, 0.25) is 0 Å². The van der Waals surface area contributed by atoms with Gasteiger partial charge in [-0.15, -0.1) is 16.4 Å². The highest BCUT2D eigenvalue weighted by Gasteiger charge is 2.22. The molecule has 5 rings (SSSR count). The van der Waals surface area contributed by atoms with Crippen molar-refractivity contribution in [3.63, 3.8) is 0 Å². The molecule has 0 aliphatic carbocycles. The van der Waals surface area contributed by atoms with E-state index in [1.54, 1.807) is 11.3 Å². The average Bonchev–Trinajstić information content (AvgIpc) is 3.51. The number of anilines is 1. The fraction of sp³-hybridized carbons (Fsp3) is 0.0952. The highest BCUT2D eigenvalue weighted by Crippen LogP contribution is 2.24. The molecule has 0 aliphatic heterocycles. The van der Waals surface area contributed by atoms with Gasteiger partial charge in [-0.2, -0.15) is 0 Å². The van der Waals surface area contributed by atoms with E-state index in [0.29, 0.717) is 12.1 Å². The molecule has 0 fully saturated rings. The maximum atomic E-state index is 13.0. The predicted octanol–water partition coefficient (Wildman–Crippen LogP) is 3.47. The number of hydrogen-bond acceptors (Lipinski definition) is 6. The molecule has 3 aromatic heterocycles. The van der Waals surface area contributed by atoms with Crippen molar-refractivity contribution in [1.29, 1.82) is 0 Å². The molecule has 5 aromatic rings. The number of rotatable bonds is 6. The molecule has 3 heterocycles. The predicted molar refractivity (Wildman–Crippen MR) is 114 cm³/mol. The summed E-state index contributed by atoms with van der Waals surface area (Å²) in [6.45, 7) is 0. The van der Waals surface area contributed by atoms with Gasteiger partial charge in [0.05, 0.1) is 5.69 Å². The lowest BCUT2D eigenvalue weighted by Crippen LogP contribution is -2.28. The first-order valence-corrected chi connectivity index (χ1v) is 10.2. The Bertz CT molecular complexity index is 1230. The number of amides is 1. The fourth-order valence-corrected chi connectivity index (χ4v) is 3.97. The van der Waals surface area contributed by atoms with E-state index in [9.17, 15) is 4.79 Å². The first-order valence-electron chi connectivity index (χ1n) is 9.36. The zero-order chi connectivity index (χ0) is 20.3. The van der Waals surface area contributed by atoms with Crippen LogP contribution in [0.15, 0.2) is 78.7 Å². The maximum absolute atomic E-state index is 13.0. The molecule has 1 unspecified atom stereocenters. The number of carbonyl (C=O) groups excluding carboxylic acids is 1. The van der Waals surface area contributed by atoms with Gasteiger partial charge >= 0.3 is 0 Å². The number of tetrazole rings is 1. The Labute approximate surface area is 175 Å². The Kier molecular flexibility index (Phi) is 4.78. The lowest BCUT2D eigenvalue weighted by molar-refractivity contribution is -0.119. The lowest BCUT2D eigenvalue weighted by Gasteiger charge is -2.16. The number of hydrogen-bond donors (Lipinski definition) is 1. The molecule has 1 amide bonds. The molecule has 8 nitrogen and oxygen atoms in total. The number of nitrogens with zero attached hydrogens (tertiary/aromatic N) is 6. The lowest BCUT2D eigenvalue weighted by atomic mass is 10.1. The number of thiazole rings is 1. The van der Waals surface area contributed by atoms with Crippen LogP contribution in [0, 0.1) is 0 Å². The van der Waals surface area contributed by atoms with Gasteiger partial charge in [-0.3, -0.25) is 9.20 Å². The molecule has 30 heavy (non-hydrogen) atoms. The molecule has 0 radical (unpaired) electrons. The van der Waals surface area contributed by atoms with Gasteiger partial charge in [0.1, 0.15) is 12.4 Å². The van der Waals surface area contributed by atoms with E-state index >= 15 is 0 Å². The summed E-state index contributed by atoms with van der Waals surface area (Å²) in [7, 11) is 0. The van der Waals surface area contributed by atoms with Gasteiger partial charge in [-0.25, -0.2) is 9.67 Å². The van der Waals surface area contributed by atoms with E-state index in [0.717, 1.165) is 21.8 Å². The van der Waals surface area contributed by atoms with Crippen LogP contribution < -0.4 is 5.32 Å². The van der Waals surface area contributed by atoms with Crippen LogP contribution in [0.1, 0.15) is 11.6 Å². The van der Waals surface area contributed by atoms with Crippen molar-refractivity contribution in [2.24, 2.45) is 0 Å². The minimum atomic E-state index is -0.554. The number of aromatic nitrogens is 6. The summed E-state index contributed by atoms with van der Waals surface area (Å²) >= 11 is 1.59. The van der Waals surface area contributed by atoms with Crippen molar-refractivity contribution in [3.05, 3.63) is 84.3 Å². The monoisotopic (exact) mass is 415 g/mol. The smallest absolute Gasteiger partial charge is 0.249 e. The maximum Gasteiger partial charge on any atom is 0.249 e. The minimum Gasteiger partial charge on any atom is -0.324 e. The molecular formula is C21H17N7OS. The Morgan fingerprint density at radius 1 is 1.10 bits per heavy atom. The Balaban J connectivity index is 1.34. The van der Waals surface area contributed by atoms with Crippen LogP contribution in [0.25, 0.3) is 16.2 Å². The molecule has 0 bridgehead atoms. The van der Waals surface area contributed by atoms with Gasteiger partial charge in [0.2, 0.25) is 5.91 Å². The molecule has 0 spiro atoms. The zero-order valence-electron chi connectivity index (χ0n) is 15.8. The van der Waals surface area contributed by atoms with Gasteiger partial charge in [-0.1, -0.05) is 42.5 Å². The normalized spacial score (nSPS) is 12.1. The van der Waals surface area contributed by atoms with Gasteiger partial charge in [-0.05, 0) is 28.1 Å². The van der Waals surface area contributed by atoms with Crippen LogP contribution in [-0.2, 0) is 11.2 Å². The van der Waals surface area contributed by atoms with Crippen molar-refractivity contribution in [2.45, 2.75) is 12.5 Å². The second-order valence-electron chi connectivity index (χ2n) is 6.78. The van der Waals surface area contributed by atoms with Crippen LogP contribution >= 0.6 is 11.3 Å². The third kappa shape index (κ3) is 3.70. The highest BCUT2D eigenvalue weighted by atomic mass is 32.1. The van der Waals surface area contributed by atoms with Crippen molar-refractivity contribution in [1.82, 2.24) is 29.6 Å². The summed E-state index contributed by atoms with van der Waals surface area (Å²) < 4.78 is 3.48. The summed E-state index contributed by atoms with van der Waals surface area (Å²) in [4.78, 5) is 18.6. The molecule has 1 N–H and O–H groups in total. The van der Waals surface area contributed by atoms with E-state index in [-0.39, 0.29) is 5.91 Å². The summed E-state index contributed by atoms with van der Waals surface area (Å²) in [5.41, 5.74) is 3.62. The van der Waals surface area contributed by atoms with Crippen molar-refractivity contribution in [2.75, 3.05) is 5.32 Å². The van der Waals surface area contributed by atoms with Crippen molar-refractivity contribution >= 4 is 27.9 Å². The van der Waals surface area contributed by atoms with Crippen LogP contribution in [0.3, 0.4) is 0 Å². The molecule has 0 aliphatic rings. The number of imidazole rings is 1. The number of carbonyl (C=O) groups is 1. The third-order valence-corrected chi connectivity index (χ3v) is 5.57. The van der Waals surface area contributed by atoms with Crippen LogP contribution in [-0.4, -0.2) is 35.5 Å². The van der Waals surface area contributed by atoms with Gasteiger partial charge in [0.15, 0.2) is 4.96 Å². The topological polar surface area (TPSA) is 90.0 Å². The van der Waals surface area contributed by atoms with E-state index < -0.39 is 6.04 Å². The SMILES string of the molecule is O=C(Nc1ccc(-c2cn3ccsc3n2)cc1)C(Cc1ccccc1)n1cnnn1. The van der Waals surface area contributed by atoms with E-state index in [2.05, 4.69) is 25.8 Å². The molecule has 1 atom stereocenters. The molecule has 148 valence electrons. The molecule has 9 heteroatoms. The summed E-state index contributed by atoms with van der Waals surface area (Å²) in [5, 5.41) is 16.3. The van der Waals surface area contributed by atoms with Crippen molar-refractivity contribution < 1.29 is 4.79 Å². The zero-order valence-corrected chi connectivity index (χ0v) is 16.6. The minimum absolute atomic E-state index is 0.179. The number of fused-ring (bicyclic) bond motifs is 1. The summed E-state index contributed by atoms with van der Waals surface area (Å²) in [5.74, 6) is -0.179. The fourth-order valence-electron chi connectivity index (χ4n) is 3.27. The van der Waals surface area contributed by atoms with Crippen LogP contribution in [0.5, 0.6) is 0 Å². The summed E-state index contributed by atoms with van der Waals surface area (Å²) in [6, 6.07) is 16.9. The standard InChI is InChI=1S/C21H17N7OS/c29-20(19(28-14-22-25-26-28)12-15-4-2-1-3-5-15)23-17-8-6-16(7-9-17)18-13-27-10-11-30-21(27)24-18/h1-11,13-14,19H,12H2,(H,23,29). The first-order chi connectivity index (χ1) is 14.8. The Morgan fingerprint density at radius 2 is 1.93 bits per heavy atom. The summed E-state index contributed by atoms with van der Waals surface area (Å²) in [6.07, 6.45) is 5.92. The first kappa shape index (κ1) is 18.2. The number of benzene rings is 2. The number of nitrogens with one attached hydrogen (secondary N) is 1. The average molecular weight is 415 g/mol. The van der Waals surface area contributed by atoms with Crippen LogP contribution in [0.4, 0.5) is 5.69 Å². The largest absolute Gasteiger partial charge is 0.324 e. The second-order valence-corrected chi connectivity index (χ2v) is 7.65. The van der Waals surface area contributed by atoms with E-state index in [1.165, 1.54) is 11.0 Å². The quantitative estimate of drug-likeness (QED) is 0.459. The van der Waals surface area contributed by atoms with Gasteiger partial charge in [0, 0.05) is 35.4 Å².